The van der Waals surface area contributed by atoms with Crippen LogP contribution in [0.5, 0.6) is 0 Å². The second-order valence-corrected chi connectivity index (χ2v) is 6.34. The first-order valence-corrected chi connectivity index (χ1v) is 6.68. The molecule has 0 saturated carbocycles. The molecule has 0 aromatic carbocycles. The van der Waals surface area contributed by atoms with E-state index in [0.29, 0.717) is 0 Å². The minimum atomic E-state index is -0.932. The van der Waals surface area contributed by atoms with E-state index < -0.39 is 23.5 Å². The van der Waals surface area contributed by atoms with Gasteiger partial charge >= 0.3 is 5.97 Å². The van der Waals surface area contributed by atoms with Gasteiger partial charge < -0.3 is 10.0 Å². The second kappa shape index (κ2) is 4.61. The van der Waals surface area contributed by atoms with Gasteiger partial charge in [0.25, 0.3) is 0 Å². The number of nitrogens with zero attached hydrogens (tertiary/aromatic N) is 3. The summed E-state index contributed by atoms with van der Waals surface area (Å²) < 4.78 is 1.71. The van der Waals surface area contributed by atoms with Crippen molar-refractivity contribution in [2.75, 3.05) is 0 Å². The van der Waals surface area contributed by atoms with Crippen LogP contribution in [-0.4, -0.2) is 37.2 Å². The topological polar surface area (TPSA) is 75.4 Å². The number of hydrogen-bond acceptors (Lipinski definition) is 3. The molecule has 1 N–H and O–H groups in total. The number of carbonyl (C=O) groups is 2. The van der Waals surface area contributed by atoms with Crippen LogP contribution in [0.15, 0.2) is 6.20 Å². The highest BCUT2D eigenvalue weighted by Gasteiger charge is 2.49. The maximum Gasteiger partial charge on any atom is 0.309 e. The molecule has 1 amide bonds. The minimum absolute atomic E-state index is 0.0472. The van der Waals surface area contributed by atoms with Crippen molar-refractivity contribution in [3.63, 3.8) is 0 Å². The van der Waals surface area contributed by atoms with Gasteiger partial charge in [-0.05, 0) is 27.7 Å². The lowest BCUT2D eigenvalue weighted by atomic mass is 9.92. The third-order valence-corrected chi connectivity index (χ3v) is 3.95. The van der Waals surface area contributed by atoms with Crippen LogP contribution in [0.1, 0.15) is 44.5 Å². The van der Waals surface area contributed by atoms with Gasteiger partial charge in [0, 0.05) is 30.3 Å². The summed E-state index contributed by atoms with van der Waals surface area (Å²) in [5.41, 5.74) is 1.29. The standard InChI is InChI=1S/C14H21N3O3/c1-8-10(7-15-16(8)5)12-9(13(19)20)6-11(18)17(12)14(2,3)4/h7,9,12H,6H2,1-5H3,(H,19,20). The lowest BCUT2D eigenvalue weighted by molar-refractivity contribution is -0.142. The molecule has 0 aliphatic carbocycles. The monoisotopic (exact) mass is 279 g/mol. The predicted octanol–water partition coefficient (Wildman–Crippen LogP) is 1.50. The first kappa shape index (κ1) is 14.6. The number of rotatable bonds is 2. The third-order valence-electron chi connectivity index (χ3n) is 3.95. The Balaban J connectivity index is 2.55. The first-order valence-electron chi connectivity index (χ1n) is 6.68. The number of amides is 1. The zero-order chi connectivity index (χ0) is 15.2. The number of carboxylic acids is 1. The van der Waals surface area contributed by atoms with E-state index in [1.54, 1.807) is 15.8 Å². The molecular weight excluding hydrogens is 258 g/mol. The molecule has 6 nitrogen and oxygen atoms in total. The average Bonchev–Trinajstić information content (AvgIpc) is 2.80. The van der Waals surface area contributed by atoms with E-state index >= 15 is 0 Å². The fourth-order valence-corrected chi connectivity index (χ4v) is 2.91. The molecule has 110 valence electrons. The van der Waals surface area contributed by atoms with Gasteiger partial charge in [0.05, 0.1) is 18.2 Å². The van der Waals surface area contributed by atoms with Gasteiger partial charge in [-0.15, -0.1) is 0 Å². The maximum atomic E-state index is 12.3. The van der Waals surface area contributed by atoms with Crippen molar-refractivity contribution in [3.8, 4) is 0 Å². The number of hydrogen-bond donors (Lipinski definition) is 1. The quantitative estimate of drug-likeness (QED) is 0.890. The van der Waals surface area contributed by atoms with Crippen molar-refractivity contribution in [3.05, 3.63) is 17.5 Å². The van der Waals surface area contributed by atoms with Crippen LogP contribution in [0, 0.1) is 12.8 Å². The molecule has 20 heavy (non-hydrogen) atoms. The van der Waals surface area contributed by atoms with Crippen LogP contribution >= 0.6 is 0 Å². The molecule has 6 heteroatoms. The number of likely N-dealkylation sites (tertiary alicyclic amines) is 1. The summed E-state index contributed by atoms with van der Waals surface area (Å²) in [5.74, 6) is -1.76. The van der Waals surface area contributed by atoms with Crippen molar-refractivity contribution in [2.45, 2.75) is 45.7 Å². The summed E-state index contributed by atoms with van der Waals surface area (Å²) in [6.07, 6.45) is 1.72. The molecule has 1 aliphatic heterocycles. The highest BCUT2D eigenvalue weighted by atomic mass is 16.4. The summed E-state index contributed by atoms with van der Waals surface area (Å²) in [4.78, 5) is 25.5. The summed E-state index contributed by atoms with van der Waals surface area (Å²) in [5, 5.41) is 13.6. The largest absolute Gasteiger partial charge is 0.481 e. The predicted molar refractivity (Wildman–Crippen MR) is 73.0 cm³/mol. The summed E-state index contributed by atoms with van der Waals surface area (Å²) in [7, 11) is 1.81. The summed E-state index contributed by atoms with van der Waals surface area (Å²) in [6.45, 7) is 7.67. The normalized spacial score (nSPS) is 23.4. The molecule has 1 fully saturated rings. The number of aromatic nitrogens is 2. The Morgan fingerprint density at radius 3 is 2.45 bits per heavy atom. The van der Waals surface area contributed by atoms with Crippen LogP contribution in [-0.2, 0) is 16.6 Å². The molecule has 2 heterocycles. The summed E-state index contributed by atoms with van der Waals surface area (Å²) >= 11 is 0. The van der Waals surface area contributed by atoms with E-state index in [4.69, 9.17) is 0 Å². The van der Waals surface area contributed by atoms with E-state index in [0.717, 1.165) is 11.3 Å². The fraction of sp³-hybridized carbons (Fsp3) is 0.643. The SMILES string of the molecule is Cc1c(C2C(C(=O)O)CC(=O)N2C(C)(C)C)cnn1C. The molecular formula is C14H21N3O3. The minimum Gasteiger partial charge on any atom is -0.481 e. The van der Waals surface area contributed by atoms with Crippen molar-refractivity contribution in [1.82, 2.24) is 14.7 Å². The Labute approximate surface area is 118 Å². The molecule has 1 aromatic rings. The summed E-state index contributed by atoms with van der Waals surface area (Å²) in [6, 6.07) is -0.450. The molecule has 1 saturated heterocycles. The van der Waals surface area contributed by atoms with Crippen molar-refractivity contribution in [2.24, 2.45) is 13.0 Å². The van der Waals surface area contributed by atoms with Crippen LogP contribution in [0.2, 0.25) is 0 Å². The van der Waals surface area contributed by atoms with Crippen molar-refractivity contribution in [1.29, 1.82) is 0 Å². The Hall–Kier alpha value is -1.85. The lowest BCUT2D eigenvalue weighted by Crippen LogP contribution is -2.44. The number of carboxylic acid groups (broad SMARTS) is 1. The van der Waals surface area contributed by atoms with E-state index in [1.807, 2.05) is 34.7 Å². The van der Waals surface area contributed by atoms with Gasteiger partial charge in [-0.2, -0.15) is 5.10 Å². The lowest BCUT2D eigenvalue weighted by Gasteiger charge is -2.38. The molecule has 2 unspecified atom stereocenters. The van der Waals surface area contributed by atoms with Gasteiger partial charge in [0.15, 0.2) is 0 Å². The van der Waals surface area contributed by atoms with Crippen molar-refractivity contribution >= 4 is 11.9 Å². The maximum absolute atomic E-state index is 12.3. The van der Waals surface area contributed by atoms with E-state index in [1.165, 1.54) is 0 Å². The molecule has 2 rings (SSSR count). The smallest absolute Gasteiger partial charge is 0.309 e. The zero-order valence-corrected chi connectivity index (χ0v) is 12.5. The fourth-order valence-electron chi connectivity index (χ4n) is 2.91. The Bertz CT molecular complexity index is 557. The average molecular weight is 279 g/mol. The number of carbonyl (C=O) groups excluding carboxylic acids is 1. The van der Waals surface area contributed by atoms with E-state index in [9.17, 15) is 14.7 Å². The Kier molecular flexibility index (Phi) is 3.36. The third kappa shape index (κ3) is 2.19. The van der Waals surface area contributed by atoms with Gasteiger partial charge in [0.1, 0.15) is 0 Å². The highest BCUT2D eigenvalue weighted by Crippen LogP contribution is 2.43. The van der Waals surface area contributed by atoms with Gasteiger partial charge in [-0.25, -0.2) is 0 Å². The van der Waals surface area contributed by atoms with Crippen LogP contribution in [0.4, 0.5) is 0 Å². The molecule has 2 atom stereocenters. The van der Waals surface area contributed by atoms with Gasteiger partial charge in [-0.3, -0.25) is 14.3 Å². The van der Waals surface area contributed by atoms with Crippen LogP contribution < -0.4 is 0 Å². The van der Waals surface area contributed by atoms with Gasteiger partial charge in [0.2, 0.25) is 5.91 Å². The molecule has 0 radical (unpaired) electrons. The molecule has 0 bridgehead atoms. The first-order chi connectivity index (χ1) is 9.14. The zero-order valence-electron chi connectivity index (χ0n) is 12.5. The highest BCUT2D eigenvalue weighted by molar-refractivity contribution is 5.88. The van der Waals surface area contributed by atoms with Gasteiger partial charge in [-0.1, -0.05) is 0 Å². The van der Waals surface area contributed by atoms with Crippen LogP contribution in [0.3, 0.4) is 0 Å². The second-order valence-electron chi connectivity index (χ2n) is 6.34. The molecule has 1 aromatic heterocycles. The number of aliphatic carboxylic acids is 1. The van der Waals surface area contributed by atoms with E-state index in [2.05, 4.69) is 5.10 Å². The Morgan fingerprint density at radius 1 is 1.45 bits per heavy atom. The molecule has 1 aliphatic rings. The van der Waals surface area contributed by atoms with Crippen LogP contribution in [0.25, 0.3) is 0 Å². The Morgan fingerprint density at radius 2 is 2.05 bits per heavy atom. The van der Waals surface area contributed by atoms with E-state index in [-0.39, 0.29) is 12.3 Å². The van der Waals surface area contributed by atoms with Crippen molar-refractivity contribution < 1.29 is 14.7 Å². The number of aryl methyl sites for hydroxylation is 1. The molecule has 0 spiro atoms.